The van der Waals surface area contributed by atoms with Crippen molar-refractivity contribution in [3.8, 4) is 0 Å². The maximum atomic E-state index is 12.2. The summed E-state index contributed by atoms with van der Waals surface area (Å²) in [4.78, 5) is 38.1. The normalized spacial score (nSPS) is 20.2. The van der Waals surface area contributed by atoms with Crippen LogP contribution in [0.2, 0.25) is 5.02 Å². The van der Waals surface area contributed by atoms with Gasteiger partial charge in [0.05, 0.1) is 17.6 Å². The molecule has 0 aliphatic carbocycles. The Balaban J connectivity index is 1.68. The second-order valence-electron chi connectivity index (χ2n) is 6.25. The molecule has 3 rings (SSSR count). The number of nitrogens with zero attached hydrogens (tertiary/aromatic N) is 1. The number of morpholine rings is 1. The van der Waals surface area contributed by atoms with Gasteiger partial charge in [0.15, 0.2) is 12.0 Å². The van der Waals surface area contributed by atoms with Gasteiger partial charge in [0.1, 0.15) is 5.58 Å². The molecule has 2 atom stereocenters. The highest BCUT2D eigenvalue weighted by molar-refractivity contribution is 6.31. The molecule has 8 heteroatoms. The lowest BCUT2D eigenvalue weighted by Crippen LogP contribution is -2.49. The van der Waals surface area contributed by atoms with E-state index in [1.807, 2.05) is 13.8 Å². The highest BCUT2D eigenvalue weighted by Gasteiger charge is 2.26. The van der Waals surface area contributed by atoms with Crippen molar-refractivity contribution in [1.82, 2.24) is 4.90 Å². The van der Waals surface area contributed by atoms with Gasteiger partial charge in [0.2, 0.25) is 5.76 Å². The summed E-state index contributed by atoms with van der Waals surface area (Å²) in [5, 5.41) is 0.654. The summed E-state index contributed by atoms with van der Waals surface area (Å²) >= 11 is 5.85. The third-order valence-electron chi connectivity index (χ3n) is 3.99. The summed E-state index contributed by atoms with van der Waals surface area (Å²) in [5.41, 5.74) is -0.195. The Bertz CT molecular complexity index is 898. The highest BCUT2D eigenvalue weighted by Crippen LogP contribution is 2.18. The van der Waals surface area contributed by atoms with Crippen molar-refractivity contribution in [2.75, 3.05) is 19.7 Å². The van der Waals surface area contributed by atoms with Crippen molar-refractivity contribution in [3.05, 3.63) is 45.3 Å². The van der Waals surface area contributed by atoms with Crippen LogP contribution in [0.15, 0.2) is 33.5 Å². The smallest absolute Gasteiger partial charge is 0.374 e. The molecule has 1 aliphatic heterocycles. The molecular weight excluding hydrogens is 362 g/mol. The van der Waals surface area contributed by atoms with Crippen LogP contribution in [0.1, 0.15) is 24.4 Å². The zero-order chi connectivity index (χ0) is 18.8. The summed E-state index contributed by atoms with van der Waals surface area (Å²) < 4.78 is 16.0. The Kier molecular flexibility index (Phi) is 5.29. The molecule has 1 saturated heterocycles. The summed E-state index contributed by atoms with van der Waals surface area (Å²) in [7, 11) is 0. The van der Waals surface area contributed by atoms with E-state index in [9.17, 15) is 14.4 Å². The zero-order valence-electron chi connectivity index (χ0n) is 14.4. The quantitative estimate of drug-likeness (QED) is 0.760. The van der Waals surface area contributed by atoms with Crippen molar-refractivity contribution in [2.45, 2.75) is 26.1 Å². The van der Waals surface area contributed by atoms with Crippen LogP contribution in [0.25, 0.3) is 11.0 Å². The molecule has 7 nitrogen and oxygen atoms in total. The molecule has 2 aromatic rings. The third-order valence-corrected chi connectivity index (χ3v) is 4.22. The number of benzene rings is 1. The number of halogens is 1. The van der Waals surface area contributed by atoms with E-state index in [1.54, 1.807) is 11.0 Å². The van der Waals surface area contributed by atoms with Crippen LogP contribution in [0, 0.1) is 0 Å². The standard InChI is InChI=1S/C18H18ClNO6/c1-10-7-20(8-11(2)25-10)17(22)9-24-18(23)16-6-14(21)13-5-12(19)3-4-15(13)26-16/h3-6,10-11H,7-9H2,1-2H3/t10-,11-/m1/s1. The minimum atomic E-state index is -0.873. The molecule has 0 radical (unpaired) electrons. The number of carbonyl (C=O) groups is 2. The van der Waals surface area contributed by atoms with Gasteiger partial charge in [0.25, 0.3) is 5.91 Å². The molecule has 1 aromatic heterocycles. The van der Waals surface area contributed by atoms with Gasteiger partial charge in [-0.1, -0.05) is 11.6 Å². The highest BCUT2D eigenvalue weighted by atomic mass is 35.5. The second-order valence-corrected chi connectivity index (χ2v) is 6.68. The van der Waals surface area contributed by atoms with E-state index in [0.717, 1.165) is 6.07 Å². The minimum absolute atomic E-state index is 0.0799. The lowest BCUT2D eigenvalue weighted by Gasteiger charge is -2.35. The number of hydrogen-bond acceptors (Lipinski definition) is 6. The van der Waals surface area contributed by atoms with Gasteiger partial charge in [-0.05, 0) is 32.0 Å². The number of amides is 1. The molecule has 0 saturated carbocycles. The Morgan fingerprint density at radius 1 is 1.23 bits per heavy atom. The van der Waals surface area contributed by atoms with Gasteiger partial charge in [-0.3, -0.25) is 9.59 Å². The van der Waals surface area contributed by atoms with Crippen molar-refractivity contribution in [3.63, 3.8) is 0 Å². The first-order chi connectivity index (χ1) is 12.3. The lowest BCUT2D eigenvalue weighted by molar-refractivity contribution is -0.146. The van der Waals surface area contributed by atoms with Crippen LogP contribution in [0.3, 0.4) is 0 Å². The van der Waals surface area contributed by atoms with Gasteiger partial charge in [-0.25, -0.2) is 4.79 Å². The molecule has 1 aromatic carbocycles. The molecule has 1 fully saturated rings. The second kappa shape index (κ2) is 7.47. The first kappa shape index (κ1) is 18.4. The van der Waals surface area contributed by atoms with Crippen molar-refractivity contribution in [1.29, 1.82) is 0 Å². The van der Waals surface area contributed by atoms with Crippen LogP contribution >= 0.6 is 11.6 Å². The van der Waals surface area contributed by atoms with Gasteiger partial charge in [-0.15, -0.1) is 0 Å². The van der Waals surface area contributed by atoms with E-state index in [1.165, 1.54) is 12.1 Å². The van der Waals surface area contributed by atoms with E-state index >= 15 is 0 Å². The molecule has 0 N–H and O–H groups in total. The predicted octanol–water partition coefficient (Wildman–Crippen LogP) is 2.24. The zero-order valence-corrected chi connectivity index (χ0v) is 15.1. The number of rotatable bonds is 3. The van der Waals surface area contributed by atoms with Crippen LogP contribution in [0.4, 0.5) is 0 Å². The van der Waals surface area contributed by atoms with E-state index in [-0.39, 0.29) is 34.8 Å². The fraction of sp³-hybridized carbons (Fsp3) is 0.389. The lowest BCUT2D eigenvalue weighted by atomic mass is 10.2. The monoisotopic (exact) mass is 379 g/mol. The third kappa shape index (κ3) is 4.05. The van der Waals surface area contributed by atoms with Gasteiger partial charge in [-0.2, -0.15) is 0 Å². The van der Waals surface area contributed by atoms with E-state index in [2.05, 4.69) is 0 Å². The fourth-order valence-electron chi connectivity index (χ4n) is 2.90. The molecule has 1 amide bonds. The van der Waals surface area contributed by atoms with Crippen molar-refractivity contribution >= 4 is 34.4 Å². The summed E-state index contributed by atoms with van der Waals surface area (Å²) in [6, 6.07) is 5.54. The first-order valence-electron chi connectivity index (χ1n) is 8.17. The van der Waals surface area contributed by atoms with E-state index in [4.69, 9.17) is 25.5 Å². The minimum Gasteiger partial charge on any atom is -0.450 e. The fourth-order valence-corrected chi connectivity index (χ4v) is 3.07. The number of carbonyl (C=O) groups excluding carboxylic acids is 2. The molecule has 0 bridgehead atoms. The van der Waals surface area contributed by atoms with Crippen LogP contribution in [-0.2, 0) is 14.3 Å². The Hall–Kier alpha value is -2.38. The first-order valence-corrected chi connectivity index (χ1v) is 8.55. The van der Waals surface area contributed by atoms with Crippen LogP contribution < -0.4 is 5.43 Å². The average Bonchev–Trinajstić information content (AvgIpc) is 2.59. The SMILES string of the molecule is C[C@@H]1CN(C(=O)COC(=O)c2cc(=O)c3cc(Cl)ccc3o2)C[C@@H](C)O1. The summed E-state index contributed by atoms with van der Waals surface area (Å²) in [6.07, 6.45) is -0.160. The van der Waals surface area contributed by atoms with E-state index in [0.29, 0.717) is 18.1 Å². The molecule has 0 spiro atoms. The topological polar surface area (TPSA) is 86.0 Å². The summed E-state index contributed by atoms with van der Waals surface area (Å²) in [5.74, 6) is -1.46. The average molecular weight is 380 g/mol. The number of ether oxygens (including phenoxy) is 2. The van der Waals surface area contributed by atoms with Crippen LogP contribution in [-0.4, -0.2) is 48.7 Å². The van der Waals surface area contributed by atoms with Gasteiger partial charge in [0, 0.05) is 24.2 Å². The Labute approximate surface area is 154 Å². The Morgan fingerprint density at radius 3 is 2.62 bits per heavy atom. The molecule has 0 unspecified atom stereocenters. The number of esters is 1. The molecule has 2 heterocycles. The maximum Gasteiger partial charge on any atom is 0.374 e. The summed E-state index contributed by atoms with van der Waals surface area (Å²) in [6.45, 7) is 4.19. The Morgan fingerprint density at radius 2 is 1.92 bits per heavy atom. The number of fused-ring (bicyclic) bond motifs is 1. The molecule has 26 heavy (non-hydrogen) atoms. The van der Waals surface area contributed by atoms with Gasteiger partial charge >= 0.3 is 5.97 Å². The maximum absolute atomic E-state index is 12.2. The van der Waals surface area contributed by atoms with Crippen molar-refractivity contribution < 1.29 is 23.5 Å². The van der Waals surface area contributed by atoms with Gasteiger partial charge < -0.3 is 18.8 Å². The predicted molar refractivity (Wildman–Crippen MR) is 94.4 cm³/mol. The molecule has 138 valence electrons. The largest absolute Gasteiger partial charge is 0.450 e. The van der Waals surface area contributed by atoms with Crippen LogP contribution in [0.5, 0.6) is 0 Å². The molecular formula is C18H18ClNO6. The van der Waals surface area contributed by atoms with Crippen molar-refractivity contribution in [2.24, 2.45) is 0 Å². The van der Waals surface area contributed by atoms with E-state index < -0.39 is 18.0 Å². The number of hydrogen-bond donors (Lipinski definition) is 0. The molecule has 1 aliphatic rings.